The van der Waals surface area contributed by atoms with E-state index >= 15 is 0 Å². The number of amides is 1. The van der Waals surface area contributed by atoms with Crippen molar-refractivity contribution in [2.24, 2.45) is 5.92 Å². The summed E-state index contributed by atoms with van der Waals surface area (Å²) >= 11 is 5.81. The molecule has 1 saturated heterocycles. The number of rotatable bonds is 1. The predicted octanol–water partition coefficient (Wildman–Crippen LogP) is 1.77. The largest absolute Gasteiger partial charge is 0.398 e. The number of carbonyl (C=O) groups is 1. The summed E-state index contributed by atoms with van der Waals surface area (Å²) in [6, 6.07) is 4.89. The van der Waals surface area contributed by atoms with E-state index in [-0.39, 0.29) is 17.9 Å². The van der Waals surface area contributed by atoms with Crippen molar-refractivity contribution in [1.29, 1.82) is 0 Å². The topological polar surface area (TPSA) is 66.6 Å². The molecule has 1 heterocycles. The van der Waals surface area contributed by atoms with Crippen LogP contribution in [0.1, 0.15) is 23.7 Å². The fourth-order valence-electron chi connectivity index (χ4n) is 2.22. The second-order valence-corrected chi connectivity index (χ2v) is 5.25. The molecule has 1 aromatic carbocycles. The van der Waals surface area contributed by atoms with E-state index in [2.05, 4.69) is 0 Å². The van der Waals surface area contributed by atoms with E-state index in [0.29, 0.717) is 35.8 Å². The third-order valence-electron chi connectivity index (χ3n) is 3.39. The van der Waals surface area contributed by atoms with E-state index < -0.39 is 0 Å². The summed E-state index contributed by atoms with van der Waals surface area (Å²) in [5.74, 6) is -0.000795. The van der Waals surface area contributed by atoms with Gasteiger partial charge in [-0.1, -0.05) is 18.5 Å². The fourth-order valence-corrected chi connectivity index (χ4v) is 2.40. The third kappa shape index (κ3) is 2.60. The predicted molar refractivity (Wildman–Crippen MR) is 71.6 cm³/mol. The van der Waals surface area contributed by atoms with Crippen molar-refractivity contribution in [2.45, 2.75) is 19.4 Å². The Morgan fingerprint density at radius 3 is 2.89 bits per heavy atom. The average Bonchev–Trinajstić information content (AvgIpc) is 2.32. The molecule has 1 aliphatic rings. The van der Waals surface area contributed by atoms with Crippen molar-refractivity contribution in [3.8, 4) is 0 Å². The quantitative estimate of drug-likeness (QED) is 0.763. The maximum Gasteiger partial charge on any atom is 0.255 e. The number of aliphatic hydroxyl groups is 1. The molecule has 3 N–H and O–H groups in total. The molecule has 1 amide bonds. The Hall–Kier alpha value is -1.26. The molecule has 0 saturated carbocycles. The molecule has 0 spiro atoms. The van der Waals surface area contributed by atoms with Crippen LogP contribution in [0.25, 0.3) is 0 Å². The highest BCUT2D eigenvalue weighted by molar-refractivity contribution is 6.31. The molecule has 1 aliphatic heterocycles. The molecule has 2 unspecified atom stereocenters. The maximum atomic E-state index is 12.3. The van der Waals surface area contributed by atoms with E-state index in [1.54, 1.807) is 23.1 Å². The number of nitrogens with two attached hydrogens (primary N) is 1. The highest BCUT2D eigenvalue weighted by Crippen LogP contribution is 2.23. The van der Waals surface area contributed by atoms with Crippen LogP contribution in [0.2, 0.25) is 5.02 Å². The van der Waals surface area contributed by atoms with E-state index in [9.17, 15) is 9.90 Å². The molecule has 1 fully saturated rings. The van der Waals surface area contributed by atoms with Gasteiger partial charge in [-0.05, 0) is 30.5 Å². The minimum absolute atomic E-state index is 0.0937. The van der Waals surface area contributed by atoms with Crippen LogP contribution in [-0.4, -0.2) is 35.1 Å². The SMILES string of the molecule is CC1CN(C(=O)c2ccc(Cl)cc2N)CCC1O. The van der Waals surface area contributed by atoms with Crippen molar-refractivity contribution >= 4 is 23.2 Å². The van der Waals surface area contributed by atoms with E-state index in [4.69, 9.17) is 17.3 Å². The summed E-state index contributed by atoms with van der Waals surface area (Å²) in [6.45, 7) is 3.06. The lowest BCUT2D eigenvalue weighted by molar-refractivity contribution is 0.0298. The number of anilines is 1. The van der Waals surface area contributed by atoms with Crippen LogP contribution in [0.5, 0.6) is 0 Å². The lowest BCUT2D eigenvalue weighted by Crippen LogP contribution is -2.45. The van der Waals surface area contributed by atoms with Gasteiger partial charge in [0.25, 0.3) is 5.91 Å². The van der Waals surface area contributed by atoms with E-state index in [1.165, 1.54) is 0 Å². The number of aliphatic hydroxyl groups excluding tert-OH is 1. The highest BCUT2D eigenvalue weighted by Gasteiger charge is 2.28. The minimum atomic E-state index is -0.323. The monoisotopic (exact) mass is 268 g/mol. The van der Waals surface area contributed by atoms with Gasteiger partial charge >= 0.3 is 0 Å². The number of carbonyl (C=O) groups excluding carboxylic acids is 1. The van der Waals surface area contributed by atoms with Gasteiger partial charge in [-0.25, -0.2) is 0 Å². The number of nitrogen functional groups attached to an aromatic ring is 1. The Bertz CT molecular complexity index is 464. The Balaban J connectivity index is 2.16. The van der Waals surface area contributed by atoms with Gasteiger partial charge in [0.05, 0.1) is 11.7 Å². The molecular weight excluding hydrogens is 252 g/mol. The van der Waals surface area contributed by atoms with Crippen molar-refractivity contribution < 1.29 is 9.90 Å². The number of hydrogen-bond acceptors (Lipinski definition) is 3. The average molecular weight is 269 g/mol. The van der Waals surface area contributed by atoms with Gasteiger partial charge in [0, 0.05) is 23.8 Å². The van der Waals surface area contributed by atoms with Gasteiger partial charge in [-0.3, -0.25) is 4.79 Å². The van der Waals surface area contributed by atoms with Gasteiger partial charge in [0.2, 0.25) is 0 Å². The summed E-state index contributed by atoms with van der Waals surface area (Å²) in [5, 5.41) is 10.2. The van der Waals surface area contributed by atoms with Crippen LogP contribution in [-0.2, 0) is 0 Å². The van der Waals surface area contributed by atoms with E-state index in [1.807, 2.05) is 6.92 Å². The number of likely N-dealkylation sites (tertiary alicyclic amines) is 1. The van der Waals surface area contributed by atoms with Crippen molar-refractivity contribution in [2.75, 3.05) is 18.8 Å². The van der Waals surface area contributed by atoms with Crippen LogP contribution < -0.4 is 5.73 Å². The zero-order chi connectivity index (χ0) is 13.3. The summed E-state index contributed by atoms with van der Waals surface area (Å²) in [4.78, 5) is 14.0. The summed E-state index contributed by atoms with van der Waals surface area (Å²) in [5.41, 5.74) is 6.68. The van der Waals surface area contributed by atoms with Crippen LogP contribution in [0.15, 0.2) is 18.2 Å². The van der Waals surface area contributed by atoms with Gasteiger partial charge in [0.15, 0.2) is 0 Å². The summed E-state index contributed by atoms with van der Waals surface area (Å²) in [7, 11) is 0. The maximum absolute atomic E-state index is 12.3. The molecule has 0 radical (unpaired) electrons. The second kappa shape index (κ2) is 5.16. The van der Waals surface area contributed by atoms with Crippen molar-refractivity contribution in [3.05, 3.63) is 28.8 Å². The Morgan fingerprint density at radius 1 is 1.56 bits per heavy atom. The molecule has 2 atom stereocenters. The molecule has 2 rings (SSSR count). The Labute approximate surface area is 111 Å². The number of hydrogen-bond donors (Lipinski definition) is 2. The number of nitrogens with zero attached hydrogens (tertiary/aromatic N) is 1. The van der Waals surface area contributed by atoms with Crippen LogP contribution >= 0.6 is 11.6 Å². The highest BCUT2D eigenvalue weighted by atomic mass is 35.5. The number of benzene rings is 1. The normalized spacial score (nSPS) is 24.1. The Morgan fingerprint density at radius 2 is 2.28 bits per heavy atom. The zero-order valence-electron chi connectivity index (χ0n) is 10.3. The third-order valence-corrected chi connectivity index (χ3v) is 3.63. The molecule has 1 aromatic rings. The molecule has 0 bridgehead atoms. The second-order valence-electron chi connectivity index (χ2n) is 4.82. The van der Waals surface area contributed by atoms with Gasteiger partial charge in [-0.15, -0.1) is 0 Å². The molecule has 98 valence electrons. The van der Waals surface area contributed by atoms with Gasteiger partial charge in [-0.2, -0.15) is 0 Å². The first kappa shape index (κ1) is 13.2. The molecule has 4 nitrogen and oxygen atoms in total. The molecule has 0 aromatic heterocycles. The van der Waals surface area contributed by atoms with Gasteiger partial charge < -0.3 is 15.7 Å². The van der Waals surface area contributed by atoms with Crippen molar-refractivity contribution in [3.63, 3.8) is 0 Å². The zero-order valence-corrected chi connectivity index (χ0v) is 11.0. The number of piperidine rings is 1. The van der Waals surface area contributed by atoms with Gasteiger partial charge in [0.1, 0.15) is 0 Å². The minimum Gasteiger partial charge on any atom is -0.398 e. The lowest BCUT2D eigenvalue weighted by atomic mass is 9.96. The van der Waals surface area contributed by atoms with Crippen LogP contribution in [0.3, 0.4) is 0 Å². The standard InChI is InChI=1S/C13H17ClN2O2/c1-8-7-16(5-4-12(8)17)13(18)10-3-2-9(14)6-11(10)15/h2-3,6,8,12,17H,4-5,7,15H2,1H3. The number of halogens is 1. The molecule has 5 heteroatoms. The first-order valence-corrected chi connectivity index (χ1v) is 6.39. The Kier molecular flexibility index (Phi) is 3.78. The van der Waals surface area contributed by atoms with E-state index in [0.717, 1.165) is 0 Å². The lowest BCUT2D eigenvalue weighted by Gasteiger charge is -2.34. The van der Waals surface area contributed by atoms with Crippen LogP contribution in [0.4, 0.5) is 5.69 Å². The fraction of sp³-hybridized carbons (Fsp3) is 0.462. The molecular formula is C13H17ClN2O2. The summed E-state index contributed by atoms with van der Waals surface area (Å²) in [6.07, 6.45) is 0.289. The first-order chi connectivity index (χ1) is 8.49. The molecule has 0 aliphatic carbocycles. The first-order valence-electron chi connectivity index (χ1n) is 6.01. The van der Waals surface area contributed by atoms with Crippen molar-refractivity contribution in [1.82, 2.24) is 4.90 Å². The smallest absolute Gasteiger partial charge is 0.255 e. The molecule has 18 heavy (non-hydrogen) atoms. The van der Waals surface area contributed by atoms with Crippen LogP contribution in [0, 0.1) is 5.92 Å². The summed E-state index contributed by atoms with van der Waals surface area (Å²) < 4.78 is 0.